The molecular weight excluding hydrogens is 257 g/mol. The first-order valence-corrected chi connectivity index (χ1v) is 6.17. The summed E-state index contributed by atoms with van der Waals surface area (Å²) >= 11 is 0. The Morgan fingerprint density at radius 2 is 1.84 bits per heavy atom. The van der Waals surface area contributed by atoms with Gasteiger partial charge in [-0.2, -0.15) is 13.2 Å². The molecule has 5 heteroatoms. The largest absolute Gasteiger partial charge is 0.466 e. The summed E-state index contributed by atoms with van der Waals surface area (Å²) in [6.45, 7) is 3.95. The van der Waals surface area contributed by atoms with Crippen LogP contribution in [0.15, 0.2) is 24.3 Å². The molecule has 0 unspecified atom stereocenters. The third-order valence-corrected chi connectivity index (χ3v) is 2.89. The second-order valence-electron chi connectivity index (χ2n) is 4.36. The van der Waals surface area contributed by atoms with Gasteiger partial charge in [-0.15, -0.1) is 0 Å². The molecule has 106 valence electrons. The van der Waals surface area contributed by atoms with Crippen LogP contribution in [0.3, 0.4) is 0 Å². The average molecular weight is 274 g/mol. The average Bonchev–Trinajstić information content (AvgIpc) is 2.35. The van der Waals surface area contributed by atoms with Crippen molar-refractivity contribution in [2.75, 3.05) is 6.61 Å². The minimum Gasteiger partial charge on any atom is -0.466 e. The third kappa shape index (κ3) is 4.93. The summed E-state index contributed by atoms with van der Waals surface area (Å²) in [5.41, 5.74) is 0.131. The first-order chi connectivity index (χ1) is 8.84. The highest BCUT2D eigenvalue weighted by Gasteiger charge is 2.30. The summed E-state index contributed by atoms with van der Waals surface area (Å²) < 4.78 is 42.0. The van der Waals surface area contributed by atoms with Crippen LogP contribution in [0.1, 0.15) is 43.7 Å². The lowest BCUT2D eigenvalue weighted by Gasteiger charge is -2.13. The minimum absolute atomic E-state index is 0.0201. The predicted octanol–water partition coefficient (Wildman–Crippen LogP) is 4.15. The van der Waals surface area contributed by atoms with E-state index in [1.54, 1.807) is 6.92 Å². The van der Waals surface area contributed by atoms with Crippen molar-refractivity contribution in [1.82, 2.24) is 0 Å². The van der Waals surface area contributed by atoms with E-state index in [2.05, 4.69) is 0 Å². The van der Waals surface area contributed by atoms with E-state index >= 15 is 0 Å². The number of carbonyl (C=O) groups is 1. The van der Waals surface area contributed by atoms with Crippen molar-refractivity contribution in [3.8, 4) is 0 Å². The molecule has 0 bridgehead atoms. The zero-order valence-electron chi connectivity index (χ0n) is 11.0. The van der Waals surface area contributed by atoms with Gasteiger partial charge in [0, 0.05) is 6.42 Å². The van der Waals surface area contributed by atoms with Gasteiger partial charge in [0.25, 0.3) is 0 Å². The van der Waals surface area contributed by atoms with Crippen LogP contribution in [0.25, 0.3) is 0 Å². The molecule has 0 amide bonds. The molecular formula is C14H17F3O2. The Bertz CT molecular complexity index is 410. The smallest absolute Gasteiger partial charge is 0.416 e. The van der Waals surface area contributed by atoms with Gasteiger partial charge in [0.15, 0.2) is 0 Å². The Labute approximate surface area is 110 Å². The van der Waals surface area contributed by atoms with Crippen LogP contribution in [0.2, 0.25) is 0 Å². The number of hydrogen-bond acceptors (Lipinski definition) is 2. The normalized spacial score (nSPS) is 13.1. The summed E-state index contributed by atoms with van der Waals surface area (Å²) in [4.78, 5) is 11.2. The SMILES string of the molecule is CCOC(=O)CC[C@H](C)c1ccc(C(F)(F)F)cc1. The van der Waals surface area contributed by atoms with Crippen LogP contribution in [-0.4, -0.2) is 12.6 Å². The van der Waals surface area contributed by atoms with E-state index in [9.17, 15) is 18.0 Å². The van der Waals surface area contributed by atoms with Gasteiger partial charge in [-0.05, 0) is 37.0 Å². The maximum absolute atomic E-state index is 12.4. The standard InChI is InChI=1S/C14H17F3O2/c1-3-19-13(18)9-4-10(2)11-5-7-12(8-6-11)14(15,16)17/h5-8,10H,3-4,9H2,1-2H3/t10-/m0/s1. The fourth-order valence-corrected chi connectivity index (χ4v) is 1.73. The maximum atomic E-state index is 12.4. The molecule has 1 aromatic carbocycles. The molecule has 1 atom stereocenters. The van der Waals surface area contributed by atoms with Gasteiger partial charge < -0.3 is 4.74 Å². The number of rotatable bonds is 5. The summed E-state index contributed by atoms with van der Waals surface area (Å²) in [5, 5.41) is 0. The summed E-state index contributed by atoms with van der Waals surface area (Å²) in [5.74, 6) is -0.257. The third-order valence-electron chi connectivity index (χ3n) is 2.89. The number of benzene rings is 1. The Kier molecular flexibility index (Phi) is 5.39. The predicted molar refractivity (Wildman–Crippen MR) is 65.7 cm³/mol. The van der Waals surface area contributed by atoms with Crippen LogP contribution >= 0.6 is 0 Å². The number of esters is 1. The van der Waals surface area contributed by atoms with E-state index in [1.807, 2.05) is 6.92 Å². The van der Waals surface area contributed by atoms with Crippen molar-refractivity contribution < 1.29 is 22.7 Å². The Balaban J connectivity index is 2.58. The van der Waals surface area contributed by atoms with Gasteiger partial charge in [-0.3, -0.25) is 4.79 Å². The number of alkyl halides is 3. The zero-order chi connectivity index (χ0) is 14.5. The van der Waals surface area contributed by atoms with Gasteiger partial charge in [0.2, 0.25) is 0 Å². The first-order valence-electron chi connectivity index (χ1n) is 6.17. The van der Waals surface area contributed by atoms with Gasteiger partial charge in [-0.1, -0.05) is 19.1 Å². The summed E-state index contributed by atoms with van der Waals surface area (Å²) in [6.07, 6.45) is -3.48. The van der Waals surface area contributed by atoms with Gasteiger partial charge >= 0.3 is 12.1 Å². The van der Waals surface area contributed by atoms with Crippen molar-refractivity contribution in [2.24, 2.45) is 0 Å². The molecule has 0 heterocycles. The van der Waals surface area contributed by atoms with E-state index in [4.69, 9.17) is 4.74 Å². The number of hydrogen-bond donors (Lipinski definition) is 0. The zero-order valence-corrected chi connectivity index (χ0v) is 11.0. The highest BCUT2D eigenvalue weighted by atomic mass is 19.4. The Hall–Kier alpha value is -1.52. The van der Waals surface area contributed by atoms with Crippen molar-refractivity contribution >= 4 is 5.97 Å². The lowest BCUT2D eigenvalue weighted by atomic mass is 9.95. The molecule has 0 N–H and O–H groups in total. The molecule has 1 rings (SSSR count). The molecule has 0 spiro atoms. The Morgan fingerprint density at radius 1 is 1.26 bits per heavy atom. The van der Waals surface area contributed by atoms with Crippen LogP contribution in [0.5, 0.6) is 0 Å². The lowest BCUT2D eigenvalue weighted by Crippen LogP contribution is -2.07. The van der Waals surface area contributed by atoms with E-state index in [0.29, 0.717) is 13.0 Å². The maximum Gasteiger partial charge on any atom is 0.416 e. The molecule has 0 aliphatic rings. The monoisotopic (exact) mass is 274 g/mol. The van der Waals surface area contributed by atoms with Crippen LogP contribution in [-0.2, 0) is 15.7 Å². The molecule has 2 nitrogen and oxygen atoms in total. The molecule has 0 fully saturated rings. The first kappa shape index (κ1) is 15.5. The van der Waals surface area contributed by atoms with Crippen LogP contribution < -0.4 is 0 Å². The number of carbonyl (C=O) groups excluding carboxylic acids is 1. The summed E-state index contributed by atoms with van der Waals surface area (Å²) in [7, 11) is 0. The van der Waals surface area contributed by atoms with Crippen molar-refractivity contribution in [2.45, 2.75) is 38.8 Å². The molecule has 0 saturated heterocycles. The van der Waals surface area contributed by atoms with E-state index in [1.165, 1.54) is 12.1 Å². The number of halogens is 3. The van der Waals surface area contributed by atoms with E-state index in [-0.39, 0.29) is 18.3 Å². The van der Waals surface area contributed by atoms with Crippen molar-refractivity contribution in [1.29, 1.82) is 0 Å². The van der Waals surface area contributed by atoms with Crippen molar-refractivity contribution in [3.05, 3.63) is 35.4 Å². The lowest BCUT2D eigenvalue weighted by molar-refractivity contribution is -0.143. The van der Waals surface area contributed by atoms with Gasteiger partial charge in [-0.25, -0.2) is 0 Å². The number of ether oxygens (including phenoxy) is 1. The van der Waals surface area contributed by atoms with E-state index < -0.39 is 11.7 Å². The summed E-state index contributed by atoms with van der Waals surface area (Å²) in [6, 6.07) is 5.05. The molecule has 0 aliphatic carbocycles. The van der Waals surface area contributed by atoms with E-state index in [0.717, 1.165) is 17.7 Å². The fourth-order valence-electron chi connectivity index (χ4n) is 1.73. The van der Waals surface area contributed by atoms with Crippen LogP contribution in [0, 0.1) is 0 Å². The highest BCUT2D eigenvalue weighted by Crippen LogP contribution is 2.30. The highest BCUT2D eigenvalue weighted by molar-refractivity contribution is 5.69. The molecule has 0 aliphatic heterocycles. The van der Waals surface area contributed by atoms with Crippen LogP contribution in [0.4, 0.5) is 13.2 Å². The molecule has 0 aromatic heterocycles. The molecule has 0 radical (unpaired) electrons. The second-order valence-corrected chi connectivity index (χ2v) is 4.36. The topological polar surface area (TPSA) is 26.3 Å². The molecule has 1 aromatic rings. The van der Waals surface area contributed by atoms with Crippen molar-refractivity contribution in [3.63, 3.8) is 0 Å². The second kappa shape index (κ2) is 6.59. The fraction of sp³-hybridized carbons (Fsp3) is 0.500. The molecule has 0 saturated carbocycles. The van der Waals surface area contributed by atoms with Gasteiger partial charge in [0.1, 0.15) is 0 Å². The quantitative estimate of drug-likeness (QED) is 0.754. The molecule has 19 heavy (non-hydrogen) atoms. The Morgan fingerprint density at radius 3 is 2.32 bits per heavy atom. The van der Waals surface area contributed by atoms with Gasteiger partial charge in [0.05, 0.1) is 12.2 Å². The minimum atomic E-state index is -4.31.